The van der Waals surface area contributed by atoms with E-state index in [0.717, 1.165) is 5.56 Å². The molecule has 1 aliphatic heterocycles. The van der Waals surface area contributed by atoms with Crippen LogP contribution < -0.4 is 14.8 Å². The number of nitro groups is 1. The van der Waals surface area contributed by atoms with Gasteiger partial charge in [-0.05, 0) is 47.7 Å². The maximum absolute atomic E-state index is 12.2. The second-order valence-electron chi connectivity index (χ2n) is 5.37. The molecule has 138 valence electrons. The molecule has 1 aliphatic rings. The van der Waals surface area contributed by atoms with E-state index in [2.05, 4.69) is 10.3 Å². The summed E-state index contributed by atoms with van der Waals surface area (Å²) in [7, 11) is 3.10. The lowest BCUT2D eigenvalue weighted by molar-refractivity contribution is -0.384. The highest BCUT2D eigenvalue weighted by atomic mass is 32.2. The van der Waals surface area contributed by atoms with Crippen LogP contribution in [0.4, 0.5) is 11.4 Å². The first-order valence-corrected chi connectivity index (χ1v) is 8.58. The Bertz CT molecular complexity index is 954. The van der Waals surface area contributed by atoms with Gasteiger partial charge in [-0.3, -0.25) is 14.9 Å². The van der Waals surface area contributed by atoms with Crippen LogP contribution in [-0.4, -0.2) is 30.2 Å². The van der Waals surface area contributed by atoms with Gasteiger partial charge in [0.25, 0.3) is 11.6 Å². The van der Waals surface area contributed by atoms with E-state index in [1.807, 2.05) is 6.07 Å². The highest BCUT2D eigenvalue weighted by molar-refractivity contribution is 8.18. The molecule has 0 aromatic heterocycles. The smallest absolute Gasteiger partial charge is 0.269 e. The summed E-state index contributed by atoms with van der Waals surface area (Å²) in [5, 5.41) is 13.8. The zero-order chi connectivity index (χ0) is 19.4. The number of carbonyl (C=O) groups excluding carboxylic acids is 1. The number of nitro benzene ring substituents is 1. The third-order valence-electron chi connectivity index (χ3n) is 3.65. The zero-order valence-corrected chi connectivity index (χ0v) is 15.3. The van der Waals surface area contributed by atoms with Gasteiger partial charge in [-0.1, -0.05) is 6.07 Å². The van der Waals surface area contributed by atoms with Crippen LogP contribution >= 0.6 is 11.8 Å². The second kappa shape index (κ2) is 7.92. The number of amidine groups is 1. The number of ether oxygens (including phenoxy) is 2. The first-order chi connectivity index (χ1) is 13.0. The van der Waals surface area contributed by atoms with Crippen LogP contribution in [0.25, 0.3) is 6.08 Å². The summed E-state index contributed by atoms with van der Waals surface area (Å²) in [5.41, 5.74) is 1.27. The minimum Gasteiger partial charge on any atom is -0.493 e. The van der Waals surface area contributed by atoms with E-state index >= 15 is 0 Å². The van der Waals surface area contributed by atoms with Crippen LogP contribution in [-0.2, 0) is 4.79 Å². The fourth-order valence-corrected chi connectivity index (χ4v) is 3.18. The van der Waals surface area contributed by atoms with E-state index in [-0.39, 0.29) is 11.6 Å². The Kier molecular flexibility index (Phi) is 5.41. The lowest BCUT2D eigenvalue weighted by Gasteiger charge is -2.07. The van der Waals surface area contributed by atoms with Crippen LogP contribution in [0.15, 0.2) is 52.4 Å². The van der Waals surface area contributed by atoms with Gasteiger partial charge in [0.1, 0.15) is 0 Å². The third-order valence-corrected chi connectivity index (χ3v) is 4.56. The van der Waals surface area contributed by atoms with Gasteiger partial charge >= 0.3 is 0 Å². The molecule has 0 unspecified atom stereocenters. The highest BCUT2D eigenvalue weighted by Gasteiger charge is 2.24. The summed E-state index contributed by atoms with van der Waals surface area (Å²) in [5.74, 6) is 0.897. The number of nitrogens with zero attached hydrogens (tertiary/aromatic N) is 2. The van der Waals surface area contributed by atoms with E-state index in [1.165, 1.54) is 36.0 Å². The molecule has 1 amide bonds. The number of hydrogen-bond donors (Lipinski definition) is 1. The number of methoxy groups -OCH3 is 2. The Hall–Kier alpha value is -3.33. The minimum atomic E-state index is -0.479. The van der Waals surface area contributed by atoms with Crippen molar-refractivity contribution in [3.05, 3.63) is 63.0 Å². The molecule has 8 nitrogen and oxygen atoms in total. The Morgan fingerprint density at radius 1 is 1.11 bits per heavy atom. The van der Waals surface area contributed by atoms with Gasteiger partial charge in [0, 0.05) is 12.1 Å². The van der Waals surface area contributed by atoms with Crippen molar-refractivity contribution < 1.29 is 19.2 Å². The maximum atomic E-state index is 12.2. The predicted octanol–water partition coefficient (Wildman–Crippen LogP) is 3.50. The Labute approximate surface area is 159 Å². The van der Waals surface area contributed by atoms with Gasteiger partial charge in [0.15, 0.2) is 16.7 Å². The maximum Gasteiger partial charge on any atom is 0.269 e. The van der Waals surface area contributed by atoms with E-state index in [9.17, 15) is 14.9 Å². The van der Waals surface area contributed by atoms with Crippen molar-refractivity contribution in [2.24, 2.45) is 4.99 Å². The molecule has 9 heteroatoms. The molecule has 0 spiro atoms. The number of rotatable bonds is 5. The molecule has 0 radical (unpaired) electrons. The Balaban J connectivity index is 1.80. The second-order valence-corrected chi connectivity index (χ2v) is 6.40. The molecule has 0 saturated carbocycles. The SMILES string of the molecule is COc1ccc(/C=C2\SC(=Nc3ccc([N+](=O)[O-])cc3)NC2=O)cc1OC. The van der Waals surface area contributed by atoms with Crippen molar-refractivity contribution in [1.29, 1.82) is 0 Å². The fourth-order valence-electron chi connectivity index (χ4n) is 2.34. The zero-order valence-electron chi connectivity index (χ0n) is 14.5. The molecular formula is C18H15N3O5S. The van der Waals surface area contributed by atoms with Gasteiger partial charge in [0.05, 0.1) is 29.7 Å². The van der Waals surface area contributed by atoms with Crippen LogP contribution in [0.2, 0.25) is 0 Å². The van der Waals surface area contributed by atoms with E-state index in [4.69, 9.17) is 9.47 Å². The van der Waals surface area contributed by atoms with E-state index in [1.54, 1.807) is 32.4 Å². The van der Waals surface area contributed by atoms with Crippen LogP contribution in [0.1, 0.15) is 5.56 Å². The number of nitrogens with one attached hydrogen (secondary N) is 1. The van der Waals surface area contributed by atoms with E-state index < -0.39 is 4.92 Å². The average Bonchev–Trinajstić information content (AvgIpc) is 3.00. The van der Waals surface area contributed by atoms with Crippen molar-refractivity contribution in [2.45, 2.75) is 0 Å². The molecule has 1 fully saturated rings. The molecule has 27 heavy (non-hydrogen) atoms. The third kappa shape index (κ3) is 4.26. The molecule has 1 saturated heterocycles. The Morgan fingerprint density at radius 3 is 2.44 bits per heavy atom. The van der Waals surface area contributed by atoms with Crippen LogP contribution in [0.3, 0.4) is 0 Å². The number of thioether (sulfide) groups is 1. The number of benzene rings is 2. The van der Waals surface area contributed by atoms with Crippen molar-refractivity contribution >= 4 is 40.3 Å². The van der Waals surface area contributed by atoms with Crippen molar-refractivity contribution in [2.75, 3.05) is 14.2 Å². The molecule has 2 aromatic carbocycles. The minimum absolute atomic E-state index is 0.0175. The number of hydrogen-bond acceptors (Lipinski definition) is 7. The van der Waals surface area contributed by atoms with Crippen molar-refractivity contribution in [3.8, 4) is 11.5 Å². The predicted molar refractivity (Wildman–Crippen MR) is 103 cm³/mol. The highest BCUT2D eigenvalue weighted by Crippen LogP contribution is 2.32. The molecule has 0 aliphatic carbocycles. The van der Waals surface area contributed by atoms with Gasteiger partial charge < -0.3 is 14.8 Å². The molecule has 2 aromatic rings. The van der Waals surface area contributed by atoms with Gasteiger partial charge in [0.2, 0.25) is 0 Å². The molecule has 0 atom stereocenters. The largest absolute Gasteiger partial charge is 0.493 e. The monoisotopic (exact) mass is 385 g/mol. The summed E-state index contributed by atoms with van der Waals surface area (Å²) < 4.78 is 10.5. The van der Waals surface area contributed by atoms with Crippen molar-refractivity contribution in [1.82, 2.24) is 5.32 Å². The first-order valence-electron chi connectivity index (χ1n) is 7.76. The van der Waals surface area contributed by atoms with Gasteiger partial charge in [-0.25, -0.2) is 4.99 Å². The molecule has 1 N–H and O–H groups in total. The standard InChI is InChI=1S/C18H15N3O5S/c1-25-14-8-3-11(9-15(14)26-2)10-16-17(22)20-18(27-16)19-12-4-6-13(7-5-12)21(23)24/h3-10H,1-2H3,(H,19,20,22)/b16-10-. The van der Waals surface area contributed by atoms with Gasteiger partial charge in [-0.15, -0.1) is 0 Å². The Morgan fingerprint density at radius 2 is 1.81 bits per heavy atom. The summed E-state index contributed by atoms with van der Waals surface area (Å²) in [6.07, 6.45) is 1.72. The summed E-state index contributed by atoms with van der Waals surface area (Å²) in [6.45, 7) is 0. The summed E-state index contributed by atoms with van der Waals surface area (Å²) in [4.78, 5) is 27.2. The molecule has 1 heterocycles. The van der Waals surface area contributed by atoms with Crippen molar-refractivity contribution in [3.63, 3.8) is 0 Å². The molecule has 3 rings (SSSR count). The average molecular weight is 385 g/mol. The fraction of sp³-hybridized carbons (Fsp3) is 0.111. The lowest BCUT2D eigenvalue weighted by Crippen LogP contribution is -2.19. The number of amides is 1. The summed E-state index contributed by atoms with van der Waals surface area (Å²) >= 11 is 1.19. The number of carbonyl (C=O) groups is 1. The number of aliphatic imine (C=N–C) groups is 1. The lowest BCUT2D eigenvalue weighted by atomic mass is 10.2. The molecule has 0 bridgehead atoms. The summed E-state index contributed by atoms with van der Waals surface area (Å²) in [6, 6.07) is 11.1. The molecular weight excluding hydrogens is 370 g/mol. The van der Waals surface area contributed by atoms with Crippen LogP contribution in [0.5, 0.6) is 11.5 Å². The first kappa shape index (κ1) is 18.5. The van der Waals surface area contributed by atoms with E-state index in [0.29, 0.717) is 27.3 Å². The van der Waals surface area contributed by atoms with Crippen LogP contribution in [0, 0.1) is 10.1 Å². The van der Waals surface area contributed by atoms with Gasteiger partial charge in [-0.2, -0.15) is 0 Å². The number of non-ortho nitro benzene ring substituents is 1. The topological polar surface area (TPSA) is 103 Å². The normalized spacial score (nSPS) is 16.4. The quantitative estimate of drug-likeness (QED) is 0.480.